The van der Waals surface area contributed by atoms with Crippen molar-refractivity contribution in [1.82, 2.24) is 0 Å². The average Bonchev–Trinajstić information content (AvgIpc) is 3.49. The van der Waals surface area contributed by atoms with Gasteiger partial charge in [-0.3, -0.25) is 0 Å². The minimum Gasteiger partial charge on any atom is -0.455 e. The van der Waals surface area contributed by atoms with Crippen molar-refractivity contribution >= 4 is 62.4 Å². The maximum Gasteiger partial charge on any atom is 0.488 e. The minimum absolute atomic E-state index is 0.445. The highest BCUT2D eigenvalue weighted by atomic mass is 16.4. The summed E-state index contributed by atoms with van der Waals surface area (Å²) >= 11 is 0. The molecule has 8 aromatic rings. The number of furan rings is 1. The van der Waals surface area contributed by atoms with Crippen molar-refractivity contribution in [2.24, 2.45) is 0 Å². The zero-order valence-corrected chi connectivity index (χ0v) is 24.3. The van der Waals surface area contributed by atoms with Gasteiger partial charge in [0.2, 0.25) is 0 Å². The summed E-state index contributed by atoms with van der Waals surface area (Å²) < 4.78 is 6.59. The zero-order valence-electron chi connectivity index (χ0n) is 24.3. The maximum absolute atomic E-state index is 9.67. The van der Waals surface area contributed by atoms with E-state index in [1.165, 1.54) is 0 Å². The number of para-hydroxylation sites is 1. The molecule has 0 saturated heterocycles. The van der Waals surface area contributed by atoms with Crippen molar-refractivity contribution in [2.75, 3.05) is 4.90 Å². The van der Waals surface area contributed by atoms with E-state index in [1.807, 2.05) is 30.3 Å². The quantitative estimate of drug-likeness (QED) is 0.192. The van der Waals surface area contributed by atoms with Crippen molar-refractivity contribution in [2.45, 2.75) is 0 Å². The number of benzene rings is 7. The van der Waals surface area contributed by atoms with Crippen molar-refractivity contribution < 1.29 is 14.5 Å². The van der Waals surface area contributed by atoms with Gasteiger partial charge in [-0.1, -0.05) is 115 Å². The normalized spacial score (nSPS) is 11.3. The van der Waals surface area contributed by atoms with E-state index < -0.39 is 7.12 Å². The van der Waals surface area contributed by atoms with E-state index in [4.69, 9.17) is 4.42 Å². The van der Waals surface area contributed by atoms with Gasteiger partial charge in [0, 0.05) is 38.8 Å². The SMILES string of the molecule is OB(O)c1ccc(N(c2ccc(-c3ccccc3)cc2)c2ccc(-c3cccc4c3oc3c5ccccc5ccc43)cc2)cc1. The first-order valence-corrected chi connectivity index (χ1v) is 15.0. The van der Waals surface area contributed by atoms with Gasteiger partial charge in [-0.25, -0.2) is 0 Å². The van der Waals surface area contributed by atoms with Crippen LogP contribution in [0.2, 0.25) is 0 Å². The third kappa shape index (κ3) is 4.85. The number of hydrogen-bond acceptors (Lipinski definition) is 4. The summed E-state index contributed by atoms with van der Waals surface area (Å²) in [4.78, 5) is 2.17. The van der Waals surface area contributed by atoms with Gasteiger partial charge in [-0.2, -0.15) is 0 Å². The summed E-state index contributed by atoms with van der Waals surface area (Å²) in [5.74, 6) is 0. The summed E-state index contributed by atoms with van der Waals surface area (Å²) in [7, 11) is -1.52. The molecule has 5 heteroatoms. The lowest BCUT2D eigenvalue weighted by Gasteiger charge is -2.26. The van der Waals surface area contributed by atoms with Crippen LogP contribution in [0, 0.1) is 0 Å². The van der Waals surface area contributed by atoms with Gasteiger partial charge in [-0.15, -0.1) is 0 Å². The minimum atomic E-state index is -1.52. The van der Waals surface area contributed by atoms with Crippen molar-refractivity contribution in [1.29, 1.82) is 0 Å². The highest BCUT2D eigenvalue weighted by molar-refractivity contribution is 6.58. The number of rotatable bonds is 6. The summed E-state index contributed by atoms with van der Waals surface area (Å²) in [6, 6.07) is 53.6. The molecule has 0 amide bonds. The van der Waals surface area contributed by atoms with E-state index >= 15 is 0 Å². The molecule has 7 aromatic carbocycles. The van der Waals surface area contributed by atoms with E-state index in [2.05, 4.69) is 120 Å². The first-order valence-electron chi connectivity index (χ1n) is 15.0. The number of nitrogens with zero attached hydrogens (tertiary/aromatic N) is 1. The molecule has 0 saturated carbocycles. The van der Waals surface area contributed by atoms with Crippen LogP contribution in [-0.4, -0.2) is 17.2 Å². The van der Waals surface area contributed by atoms with Gasteiger partial charge in [0.15, 0.2) is 0 Å². The van der Waals surface area contributed by atoms with E-state index in [1.54, 1.807) is 12.1 Å². The average molecular weight is 581 g/mol. The Labute approximate surface area is 261 Å². The van der Waals surface area contributed by atoms with Crippen LogP contribution >= 0.6 is 0 Å². The number of hydrogen-bond donors (Lipinski definition) is 2. The first-order chi connectivity index (χ1) is 22.1. The molecule has 1 aromatic heterocycles. The maximum atomic E-state index is 9.67. The molecular weight excluding hydrogens is 553 g/mol. The lowest BCUT2D eigenvalue weighted by molar-refractivity contribution is 0.426. The van der Waals surface area contributed by atoms with Crippen LogP contribution < -0.4 is 10.4 Å². The Morgan fingerprint density at radius 2 is 0.978 bits per heavy atom. The molecule has 0 aliphatic carbocycles. The van der Waals surface area contributed by atoms with Gasteiger partial charge in [0.05, 0.1) is 0 Å². The lowest BCUT2D eigenvalue weighted by Crippen LogP contribution is -2.29. The molecule has 45 heavy (non-hydrogen) atoms. The fourth-order valence-electron chi connectivity index (χ4n) is 6.22. The van der Waals surface area contributed by atoms with Crippen molar-refractivity contribution in [3.05, 3.63) is 158 Å². The molecule has 214 valence electrons. The Balaban J connectivity index is 1.21. The van der Waals surface area contributed by atoms with E-state index in [0.29, 0.717) is 5.46 Å². The summed E-state index contributed by atoms with van der Waals surface area (Å²) in [5.41, 5.74) is 9.51. The molecule has 0 aliphatic heterocycles. The van der Waals surface area contributed by atoms with Crippen LogP contribution in [0.4, 0.5) is 17.1 Å². The van der Waals surface area contributed by atoms with Gasteiger partial charge < -0.3 is 19.4 Å². The lowest BCUT2D eigenvalue weighted by atomic mass is 9.80. The van der Waals surface area contributed by atoms with Crippen LogP contribution in [0.15, 0.2) is 162 Å². The first kappa shape index (κ1) is 27.0. The Morgan fingerprint density at radius 1 is 0.422 bits per heavy atom. The van der Waals surface area contributed by atoms with Gasteiger partial charge in [0.25, 0.3) is 0 Å². The highest BCUT2D eigenvalue weighted by Gasteiger charge is 2.18. The van der Waals surface area contributed by atoms with Gasteiger partial charge in [0.1, 0.15) is 11.2 Å². The molecule has 4 nitrogen and oxygen atoms in total. The Bertz CT molecular complexity index is 2280. The molecule has 0 bridgehead atoms. The Morgan fingerprint density at radius 3 is 1.67 bits per heavy atom. The second kappa shape index (κ2) is 11.1. The largest absolute Gasteiger partial charge is 0.488 e. The van der Waals surface area contributed by atoms with E-state index in [0.717, 1.165) is 72.0 Å². The second-order valence-electron chi connectivity index (χ2n) is 11.2. The number of fused-ring (bicyclic) bond motifs is 5. The third-order valence-electron chi connectivity index (χ3n) is 8.51. The molecular formula is C40H28BNO3. The molecule has 1 heterocycles. The fraction of sp³-hybridized carbons (Fsp3) is 0. The standard InChI is InChI=1S/C40H28BNO3/c43-41(44)31-18-24-34(25-19-31)42(32-20-13-28(14-21-32)27-7-2-1-3-8-27)33-22-15-30(16-23-33)36-11-6-12-37-38-26-17-29-9-4-5-10-35(29)40(38)45-39(36)37/h1-26,43-44H. The summed E-state index contributed by atoms with van der Waals surface area (Å²) in [5, 5.41) is 23.8. The molecule has 2 N–H and O–H groups in total. The third-order valence-corrected chi connectivity index (χ3v) is 8.51. The smallest absolute Gasteiger partial charge is 0.455 e. The van der Waals surface area contributed by atoms with Crippen molar-refractivity contribution in [3.63, 3.8) is 0 Å². The molecule has 0 spiro atoms. The fourth-order valence-corrected chi connectivity index (χ4v) is 6.22. The molecule has 8 rings (SSSR count). The van der Waals surface area contributed by atoms with E-state index in [9.17, 15) is 10.0 Å². The predicted octanol–water partition coefficient (Wildman–Crippen LogP) is 9.22. The topological polar surface area (TPSA) is 56.8 Å². The highest BCUT2D eigenvalue weighted by Crippen LogP contribution is 2.40. The molecule has 0 fully saturated rings. The van der Waals surface area contributed by atoms with Gasteiger partial charge in [-0.05, 0) is 70.0 Å². The van der Waals surface area contributed by atoms with Crippen LogP contribution in [0.3, 0.4) is 0 Å². The monoisotopic (exact) mass is 581 g/mol. The molecule has 0 radical (unpaired) electrons. The number of anilines is 3. The van der Waals surface area contributed by atoms with Crippen LogP contribution in [0.5, 0.6) is 0 Å². The zero-order chi connectivity index (χ0) is 30.3. The predicted molar refractivity (Wildman–Crippen MR) is 187 cm³/mol. The summed E-state index contributed by atoms with van der Waals surface area (Å²) in [6.07, 6.45) is 0. The Hall–Kier alpha value is -5.62. The molecule has 0 unspecified atom stereocenters. The van der Waals surface area contributed by atoms with Crippen LogP contribution in [0.1, 0.15) is 0 Å². The van der Waals surface area contributed by atoms with E-state index in [-0.39, 0.29) is 0 Å². The van der Waals surface area contributed by atoms with Crippen molar-refractivity contribution in [3.8, 4) is 22.3 Å². The Kier molecular flexibility index (Phi) is 6.68. The summed E-state index contributed by atoms with van der Waals surface area (Å²) in [6.45, 7) is 0. The molecule has 0 aliphatic rings. The second-order valence-corrected chi connectivity index (χ2v) is 11.2. The van der Waals surface area contributed by atoms with Crippen LogP contribution in [0.25, 0.3) is 55.0 Å². The van der Waals surface area contributed by atoms with Crippen LogP contribution in [-0.2, 0) is 0 Å². The van der Waals surface area contributed by atoms with Gasteiger partial charge >= 0.3 is 7.12 Å². The molecule has 0 atom stereocenters.